The highest BCUT2D eigenvalue weighted by Crippen LogP contribution is 2.40. The van der Waals surface area contributed by atoms with Gasteiger partial charge in [-0.15, -0.1) is 0 Å². The molecule has 1 aliphatic carbocycles. The van der Waals surface area contributed by atoms with Crippen molar-refractivity contribution >= 4 is 21.6 Å². The summed E-state index contributed by atoms with van der Waals surface area (Å²) in [4.78, 5) is 0. The van der Waals surface area contributed by atoms with Gasteiger partial charge in [-0.3, -0.25) is 0 Å². The zero-order chi connectivity index (χ0) is 14.9. The van der Waals surface area contributed by atoms with Crippen LogP contribution in [0.4, 0.5) is 14.5 Å². The molecule has 1 spiro atoms. The minimum Gasteiger partial charge on any atom is -0.379 e. The molecule has 0 radical (unpaired) electrons. The average molecular weight is 360 g/mol. The minimum absolute atomic E-state index is 0.0306. The van der Waals surface area contributed by atoms with E-state index < -0.39 is 11.6 Å². The molecule has 1 atom stereocenters. The van der Waals surface area contributed by atoms with E-state index >= 15 is 0 Å². The summed E-state index contributed by atoms with van der Waals surface area (Å²) in [7, 11) is 0. The average Bonchev–Trinajstić information content (AvgIpc) is 2.44. The van der Waals surface area contributed by atoms with Crippen LogP contribution in [0, 0.1) is 11.6 Å². The maximum Gasteiger partial charge on any atom is 0.150 e. The lowest BCUT2D eigenvalue weighted by molar-refractivity contribution is -0.103. The van der Waals surface area contributed by atoms with E-state index in [2.05, 4.69) is 21.2 Å². The zero-order valence-electron chi connectivity index (χ0n) is 11.9. The SMILES string of the molecule is Fc1cc(F)c(NC2CCOC3(CCCCC3)C2)c(Br)c1. The summed E-state index contributed by atoms with van der Waals surface area (Å²) in [6.45, 7) is 0.706. The van der Waals surface area contributed by atoms with E-state index in [9.17, 15) is 8.78 Å². The van der Waals surface area contributed by atoms with Gasteiger partial charge in [0.1, 0.15) is 11.6 Å². The Labute approximate surface area is 132 Å². The van der Waals surface area contributed by atoms with Gasteiger partial charge in [0.05, 0.1) is 11.3 Å². The van der Waals surface area contributed by atoms with Gasteiger partial charge < -0.3 is 10.1 Å². The largest absolute Gasteiger partial charge is 0.379 e. The molecule has 0 aromatic heterocycles. The van der Waals surface area contributed by atoms with Crippen LogP contribution >= 0.6 is 15.9 Å². The molecule has 116 valence electrons. The van der Waals surface area contributed by atoms with Crippen LogP contribution in [0.1, 0.15) is 44.9 Å². The Morgan fingerprint density at radius 2 is 1.95 bits per heavy atom. The molecule has 0 bridgehead atoms. The molecule has 1 aromatic carbocycles. The first-order valence-electron chi connectivity index (χ1n) is 7.63. The van der Waals surface area contributed by atoms with Crippen LogP contribution in [-0.2, 0) is 4.74 Å². The molecule has 1 aliphatic heterocycles. The topological polar surface area (TPSA) is 21.3 Å². The fourth-order valence-corrected chi connectivity index (χ4v) is 4.10. The van der Waals surface area contributed by atoms with Crippen molar-refractivity contribution in [3.05, 3.63) is 28.2 Å². The lowest BCUT2D eigenvalue weighted by atomic mass is 9.78. The highest BCUT2D eigenvalue weighted by Gasteiger charge is 2.38. The third-order valence-corrected chi connectivity index (χ3v) is 5.24. The van der Waals surface area contributed by atoms with Gasteiger partial charge in [0, 0.05) is 23.2 Å². The van der Waals surface area contributed by atoms with Gasteiger partial charge in [-0.2, -0.15) is 0 Å². The monoisotopic (exact) mass is 359 g/mol. The fourth-order valence-electron chi connectivity index (χ4n) is 3.58. The predicted molar refractivity (Wildman–Crippen MR) is 82.5 cm³/mol. The summed E-state index contributed by atoms with van der Waals surface area (Å²) in [6, 6.07) is 2.39. The van der Waals surface area contributed by atoms with Gasteiger partial charge in [-0.1, -0.05) is 19.3 Å². The third kappa shape index (κ3) is 3.39. The highest BCUT2D eigenvalue weighted by atomic mass is 79.9. The smallest absolute Gasteiger partial charge is 0.150 e. The minimum atomic E-state index is -0.569. The van der Waals surface area contributed by atoms with Gasteiger partial charge in [-0.25, -0.2) is 8.78 Å². The number of benzene rings is 1. The van der Waals surface area contributed by atoms with Crippen LogP contribution < -0.4 is 5.32 Å². The molecule has 2 aliphatic rings. The summed E-state index contributed by atoms with van der Waals surface area (Å²) in [5.41, 5.74) is 0.325. The molecule has 2 fully saturated rings. The first-order valence-corrected chi connectivity index (χ1v) is 8.42. The Hall–Kier alpha value is -0.680. The van der Waals surface area contributed by atoms with Crippen molar-refractivity contribution in [3.63, 3.8) is 0 Å². The van der Waals surface area contributed by atoms with Crippen LogP contribution in [0.25, 0.3) is 0 Å². The molecule has 1 saturated heterocycles. The maximum absolute atomic E-state index is 13.9. The molecular weight excluding hydrogens is 340 g/mol. The number of rotatable bonds is 2. The van der Waals surface area contributed by atoms with Crippen molar-refractivity contribution in [2.75, 3.05) is 11.9 Å². The van der Waals surface area contributed by atoms with Crippen LogP contribution in [-0.4, -0.2) is 18.2 Å². The fraction of sp³-hybridized carbons (Fsp3) is 0.625. The van der Waals surface area contributed by atoms with Gasteiger partial charge in [0.15, 0.2) is 0 Å². The van der Waals surface area contributed by atoms with Crippen molar-refractivity contribution in [2.45, 2.75) is 56.6 Å². The quantitative estimate of drug-likeness (QED) is 0.800. The Kier molecular flexibility index (Phi) is 4.50. The summed E-state index contributed by atoms with van der Waals surface area (Å²) in [5.74, 6) is -1.12. The molecular formula is C16H20BrF2NO. The van der Waals surface area contributed by atoms with Crippen LogP contribution in [0.5, 0.6) is 0 Å². The predicted octanol–water partition coefficient (Wildman–Crippen LogP) is 5.02. The highest BCUT2D eigenvalue weighted by molar-refractivity contribution is 9.10. The van der Waals surface area contributed by atoms with E-state index in [-0.39, 0.29) is 11.6 Å². The van der Waals surface area contributed by atoms with E-state index in [1.54, 1.807) is 0 Å². The number of anilines is 1. The Bertz CT molecular complexity index is 488. The standard InChI is InChI=1S/C16H20BrF2NO/c17-13-8-11(18)9-14(19)15(13)20-12-4-7-21-16(10-12)5-2-1-3-6-16/h8-9,12,20H,1-7,10H2. The number of nitrogens with one attached hydrogen (secondary N) is 1. The van der Waals surface area contributed by atoms with E-state index in [0.717, 1.165) is 31.7 Å². The third-order valence-electron chi connectivity index (χ3n) is 4.61. The second kappa shape index (κ2) is 6.21. The van der Waals surface area contributed by atoms with E-state index in [1.165, 1.54) is 25.3 Å². The molecule has 1 saturated carbocycles. The second-order valence-electron chi connectivity index (χ2n) is 6.17. The molecule has 21 heavy (non-hydrogen) atoms. The molecule has 0 amide bonds. The van der Waals surface area contributed by atoms with E-state index in [4.69, 9.17) is 4.74 Å². The lowest BCUT2D eigenvalue weighted by Crippen LogP contribution is -2.45. The molecule has 1 N–H and O–H groups in total. The van der Waals surface area contributed by atoms with Crippen molar-refractivity contribution in [1.29, 1.82) is 0 Å². The summed E-state index contributed by atoms with van der Waals surface area (Å²) >= 11 is 3.24. The number of hydrogen-bond acceptors (Lipinski definition) is 2. The van der Waals surface area contributed by atoms with Gasteiger partial charge in [0.25, 0.3) is 0 Å². The molecule has 1 unspecified atom stereocenters. The van der Waals surface area contributed by atoms with E-state index in [1.807, 2.05) is 0 Å². The van der Waals surface area contributed by atoms with Crippen LogP contribution in [0.3, 0.4) is 0 Å². The van der Waals surface area contributed by atoms with Gasteiger partial charge >= 0.3 is 0 Å². The number of ether oxygens (including phenoxy) is 1. The van der Waals surface area contributed by atoms with Gasteiger partial charge in [-0.05, 0) is 47.7 Å². The summed E-state index contributed by atoms with van der Waals surface area (Å²) < 4.78 is 33.6. The Morgan fingerprint density at radius 1 is 1.19 bits per heavy atom. The first-order chi connectivity index (χ1) is 10.1. The Balaban J connectivity index is 1.73. The lowest BCUT2D eigenvalue weighted by Gasteiger charge is -2.44. The maximum atomic E-state index is 13.9. The molecule has 1 aromatic rings. The van der Waals surface area contributed by atoms with Crippen molar-refractivity contribution in [3.8, 4) is 0 Å². The van der Waals surface area contributed by atoms with Crippen LogP contribution in [0.15, 0.2) is 16.6 Å². The normalized spacial score (nSPS) is 25.0. The molecule has 5 heteroatoms. The van der Waals surface area contributed by atoms with E-state index in [0.29, 0.717) is 16.8 Å². The van der Waals surface area contributed by atoms with Crippen molar-refractivity contribution in [2.24, 2.45) is 0 Å². The van der Waals surface area contributed by atoms with Gasteiger partial charge in [0.2, 0.25) is 0 Å². The second-order valence-corrected chi connectivity index (χ2v) is 7.02. The number of halogens is 3. The first kappa shape index (κ1) is 15.2. The molecule has 1 heterocycles. The molecule has 3 rings (SSSR count). The summed E-state index contributed by atoms with van der Waals surface area (Å²) in [5, 5.41) is 3.25. The zero-order valence-corrected chi connectivity index (χ0v) is 13.5. The summed E-state index contributed by atoms with van der Waals surface area (Å²) in [6.07, 6.45) is 7.64. The van der Waals surface area contributed by atoms with Crippen molar-refractivity contribution in [1.82, 2.24) is 0 Å². The van der Waals surface area contributed by atoms with Crippen LogP contribution in [0.2, 0.25) is 0 Å². The molecule has 2 nitrogen and oxygen atoms in total. The Morgan fingerprint density at radius 3 is 2.67 bits per heavy atom. The number of hydrogen-bond donors (Lipinski definition) is 1. The van der Waals surface area contributed by atoms with Crippen molar-refractivity contribution < 1.29 is 13.5 Å².